The Kier molecular flexibility index (Phi) is 6.69. The lowest BCUT2D eigenvalue weighted by Crippen LogP contribution is -2.18. The molecule has 0 aliphatic heterocycles. The Morgan fingerprint density at radius 3 is 2.75 bits per heavy atom. The van der Waals surface area contributed by atoms with E-state index in [0.29, 0.717) is 30.9 Å². The summed E-state index contributed by atoms with van der Waals surface area (Å²) in [6.45, 7) is 8.42. The summed E-state index contributed by atoms with van der Waals surface area (Å²) < 4.78 is 5.06. The number of ether oxygens (including phenoxy) is 1. The quantitative estimate of drug-likeness (QED) is 0.421. The van der Waals surface area contributed by atoms with E-state index in [2.05, 4.69) is 26.8 Å². The number of allylic oxidation sites excluding steroid dienone is 3. The van der Waals surface area contributed by atoms with Gasteiger partial charge in [-0.25, -0.2) is 0 Å². The van der Waals surface area contributed by atoms with E-state index >= 15 is 0 Å². The highest BCUT2D eigenvalue weighted by Gasteiger charge is 2.34. The average Bonchev–Trinajstić information content (AvgIpc) is 2.71. The minimum atomic E-state index is -0.339. The van der Waals surface area contributed by atoms with Crippen molar-refractivity contribution < 1.29 is 14.3 Å². The number of ketones is 1. The standard InChI is InChI=1S/C17H26O3/c1-5-20-17(19)14-9-10-16(18)15(14)11-13(4)8-6-7-12(2)3/h7,11,13-14H,5-6,8-10H2,1-4H3/b15-11-. The lowest BCUT2D eigenvalue weighted by Gasteiger charge is -2.12. The SMILES string of the molecule is CCOC(=O)C1CCC(=O)/C1=C\C(C)CCC=C(C)C. The molecule has 3 nitrogen and oxygen atoms in total. The van der Waals surface area contributed by atoms with Gasteiger partial charge in [0.05, 0.1) is 12.5 Å². The van der Waals surface area contributed by atoms with Gasteiger partial charge >= 0.3 is 5.97 Å². The first-order valence-corrected chi connectivity index (χ1v) is 7.50. The van der Waals surface area contributed by atoms with Crippen molar-refractivity contribution in [2.45, 2.75) is 53.4 Å². The number of carbonyl (C=O) groups is 2. The molecule has 0 amide bonds. The summed E-state index contributed by atoms with van der Waals surface area (Å²) in [6.07, 6.45) is 7.26. The second-order valence-electron chi connectivity index (χ2n) is 5.72. The molecule has 0 N–H and O–H groups in total. The zero-order valence-corrected chi connectivity index (χ0v) is 13.1. The van der Waals surface area contributed by atoms with Gasteiger partial charge in [0, 0.05) is 12.0 Å². The van der Waals surface area contributed by atoms with Crippen molar-refractivity contribution in [2.24, 2.45) is 11.8 Å². The molecule has 1 rings (SSSR count). The predicted molar refractivity (Wildman–Crippen MR) is 80.3 cm³/mol. The van der Waals surface area contributed by atoms with Crippen LogP contribution in [0.25, 0.3) is 0 Å². The highest BCUT2D eigenvalue weighted by atomic mass is 16.5. The molecule has 0 radical (unpaired) electrons. The fourth-order valence-electron chi connectivity index (χ4n) is 2.49. The Morgan fingerprint density at radius 2 is 2.15 bits per heavy atom. The third-order valence-electron chi connectivity index (χ3n) is 3.57. The van der Waals surface area contributed by atoms with Crippen LogP contribution in [0.5, 0.6) is 0 Å². The number of hydrogen-bond donors (Lipinski definition) is 0. The molecule has 0 aromatic rings. The van der Waals surface area contributed by atoms with Crippen molar-refractivity contribution in [3.05, 3.63) is 23.3 Å². The third-order valence-corrected chi connectivity index (χ3v) is 3.57. The number of esters is 1. The second kappa shape index (κ2) is 8.03. The molecule has 0 heterocycles. The molecular weight excluding hydrogens is 252 g/mol. The van der Waals surface area contributed by atoms with E-state index < -0.39 is 0 Å². The van der Waals surface area contributed by atoms with Crippen molar-refractivity contribution in [3.63, 3.8) is 0 Å². The molecule has 2 unspecified atom stereocenters. The highest BCUT2D eigenvalue weighted by molar-refractivity contribution is 6.03. The number of hydrogen-bond acceptors (Lipinski definition) is 3. The Labute approximate surface area is 122 Å². The maximum absolute atomic E-state index is 11.9. The molecule has 0 aromatic carbocycles. The zero-order valence-electron chi connectivity index (χ0n) is 13.1. The summed E-state index contributed by atoms with van der Waals surface area (Å²) in [5.74, 6) is -0.175. The van der Waals surface area contributed by atoms with Crippen LogP contribution in [0, 0.1) is 11.8 Å². The maximum Gasteiger partial charge on any atom is 0.313 e. The first kappa shape index (κ1) is 16.7. The molecular formula is C17H26O3. The van der Waals surface area contributed by atoms with Gasteiger partial charge in [-0.1, -0.05) is 24.6 Å². The van der Waals surface area contributed by atoms with Crippen LogP contribution in [-0.2, 0) is 14.3 Å². The summed E-state index contributed by atoms with van der Waals surface area (Å²) in [5.41, 5.74) is 1.99. The first-order valence-electron chi connectivity index (χ1n) is 7.50. The molecule has 1 fully saturated rings. The van der Waals surface area contributed by atoms with Crippen LogP contribution in [0.15, 0.2) is 23.3 Å². The van der Waals surface area contributed by atoms with Gasteiger partial charge in [0.15, 0.2) is 5.78 Å². The van der Waals surface area contributed by atoms with E-state index in [1.807, 2.05) is 6.08 Å². The van der Waals surface area contributed by atoms with E-state index in [4.69, 9.17) is 4.74 Å². The van der Waals surface area contributed by atoms with E-state index in [9.17, 15) is 9.59 Å². The van der Waals surface area contributed by atoms with Crippen molar-refractivity contribution in [2.75, 3.05) is 6.61 Å². The van der Waals surface area contributed by atoms with Crippen molar-refractivity contribution >= 4 is 11.8 Å². The van der Waals surface area contributed by atoms with Gasteiger partial charge in [-0.2, -0.15) is 0 Å². The highest BCUT2D eigenvalue weighted by Crippen LogP contribution is 2.31. The average molecular weight is 278 g/mol. The van der Waals surface area contributed by atoms with Crippen LogP contribution in [0.1, 0.15) is 53.4 Å². The smallest absolute Gasteiger partial charge is 0.313 e. The van der Waals surface area contributed by atoms with Crippen LogP contribution in [0.4, 0.5) is 0 Å². The molecule has 20 heavy (non-hydrogen) atoms. The Balaban J connectivity index is 2.69. The molecule has 1 aliphatic carbocycles. The van der Waals surface area contributed by atoms with Crippen LogP contribution in [0.2, 0.25) is 0 Å². The molecule has 2 atom stereocenters. The lowest BCUT2D eigenvalue weighted by atomic mass is 9.95. The summed E-state index contributed by atoms with van der Waals surface area (Å²) in [6, 6.07) is 0. The van der Waals surface area contributed by atoms with Crippen LogP contribution >= 0.6 is 0 Å². The topological polar surface area (TPSA) is 43.4 Å². The zero-order chi connectivity index (χ0) is 15.1. The van der Waals surface area contributed by atoms with Gasteiger partial charge in [0.25, 0.3) is 0 Å². The molecule has 3 heteroatoms. The van der Waals surface area contributed by atoms with Crippen LogP contribution < -0.4 is 0 Å². The summed E-state index contributed by atoms with van der Waals surface area (Å²) in [5, 5.41) is 0. The first-order chi connectivity index (χ1) is 9.45. The van der Waals surface area contributed by atoms with Gasteiger partial charge in [0.2, 0.25) is 0 Å². The Morgan fingerprint density at radius 1 is 1.45 bits per heavy atom. The molecule has 0 saturated heterocycles. The Bertz CT molecular complexity index is 414. The fraction of sp³-hybridized carbons (Fsp3) is 0.647. The van der Waals surface area contributed by atoms with Gasteiger partial charge in [-0.3, -0.25) is 9.59 Å². The van der Waals surface area contributed by atoms with Gasteiger partial charge < -0.3 is 4.74 Å². The van der Waals surface area contributed by atoms with Crippen LogP contribution in [-0.4, -0.2) is 18.4 Å². The monoisotopic (exact) mass is 278 g/mol. The number of Topliss-reactive ketones (excluding diaryl/α,β-unsaturated/α-hetero) is 1. The molecule has 1 saturated carbocycles. The van der Waals surface area contributed by atoms with Crippen LogP contribution in [0.3, 0.4) is 0 Å². The molecule has 112 valence electrons. The van der Waals surface area contributed by atoms with E-state index in [0.717, 1.165) is 12.8 Å². The summed E-state index contributed by atoms with van der Waals surface area (Å²) in [7, 11) is 0. The van der Waals surface area contributed by atoms with E-state index in [-0.39, 0.29) is 17.7 Å². The maximum atomic E-state index is 11.9. The largest absolute Gasteiger partial charge is 0.466 e. The van der Waals surface area contributed by atoms with E-state index in [1.54, 1.807) is 6.92 Å². The van der Waals surface area contributed by atoms with Crippen molar-refractivity contribution in [1.82, 2.24) is 0 Å². The van der Waals surface area contributed by atoms with Crippen molar-refractivity contribution in [1.29, 1.82) is 0 Å². The minimum absolute atomic E-state index is 0.108. The number of carbonyl (C=O) groups excluding carboxylic acids is 2. The predicted octanol–water partition coefficient (Wildman–Crippen LogP) is 3.84. The molecule has 0 bridgehead atoms. The van der Waals surface area contributed by atoms with E-state index in [1.165, 1.54) is 5.57 Å². The fourth-order valence-corrected chi connectivity index (χ4v) is 2.49. The van der Waals surface area contributed by atoms with Crippen molar-refractivity contribution in [3.8, 4) is 0 Å². The Hall–Kier alpha value is -1.38. The molecule has 0 aromatic heterocycles. The molecule has 0 spiro atoms. The minimum Gasteiger partial charge on any atom is -0.466 e. The third kappa shape index (κ3) is 4.95. The van der Waals surface area contributed by atoms with Gasteiger partial charge in [0.1, 0.15) is 0 Å². The lowest BCUT2D eigenvalue weighted by molar-refractivity contribution is -0.146. The summed E-state index contributed by atoms with van der Waals surface area (Å²) in [4.78, 5) is 23.8. The number of rotatable bonds is 6. The normalized spacial score (nSPS) is 21.9. The summed E-state index contributed by atoms with van der Waals surface area (Å²) >= 11 is 0. The van der Waals surface area contributed by atoms with Gasteiger partial charge in [-0.05, 0) is 46.0 Å². The molecule has 1 aliphatic rings. The van der Waals surface area contributed by atoms with Gasteiger partial charge in [-0.15, -0.1) is 0 Å². The second-order valence-corrected chi connectivity index (χ2v) is 5.72.